The third kappa shape index (κ3) is 31.4. The molecule has 0 rings (SSSR count). The van der Waals surface area contributed by atoms with Crippen LogP contribution in [0.15, 0.2) is 0 Å². The van der Waals surface area contributed by atoms with Crippen molar-refractivity contribution in [3.63, 3.8) is 0 Å². The van der Waals surface area contributed by atoms with E-state index < -0.39 is 0 Å². The maximum atomic E-state index is 2.33. The molecule has 0 saturated heterocycles. The van der Waals surface area contributed by atoms with E-state index in [2.05, 4.69) is 20.8 Å². The SMILES string of the molecule is CCCCCCCCCCCC[SiH]([SiH3])[SiH](CCCCCCCCCCCC)CCCCCCCCCCCC. The Morgan fingerprint density at radius 1 is 0.282 bits per heavy atom. The van der Waals surface area contributed by atoms with E-state index in [1.54, 1.807) is 85.7 Å². The molecule has 0 aliphatic carbocycles. The van der Waals surface area contributed by atoms with Crippen LogP contribution in [0.4, 0.5) is 0 Å². The van der Waals surface area contributed by atoms with Crippen LogP contribution in [0.5, 0.6) is 0 Å². The molecule has 0 nitrogen and oxygen atoms in total. The molecule has 0 radical (unpaired) electrons. The van der Waals surface area contributed by atoms with Gasteiger partial charge in [-0.25, -0.2) is 0 Å². The molecule has 0 aliphatic heterocycles. The van der Waals surface area contributed by atoms with Crippen LogP contribution in [-0.4, -0.2) is 25.9 Å². The fraction of sp³-hybridized carbons (Fsp3) is 1.00. The first-order valence-corrected chi connectivity index (χ1v) is 29.0. The summed E-state index contributed by atoms with van der Waals surface area (Å²) in [6.45, 7) is 6.99. The lowest BCUT2D eigenvalue weighted by Gasteiger charge is -2.22. The lowest BCUT2D eigenvalue weighted by atomic mass is 10.1. The molecule has 0 aromatic rings. The summed E-state index contributed by atoms with van der Waals surface area (Å²) < 4.78 is 0. The van der Waals surface area contributed by atoms with Crippen LogP contribution in [0.3, 0.4) is 0 Å². The maximum Gasteiger partial charge on any atom is 0.0245 e. The highest BCUT2D eigenvalue weighted by molar-refractivity contribution is 7.41. The first-order chi connectivity index (χ1) is 19.3. The minimum Gasteiger partial charge on any atom is -0.0654 e. The quantitative estimate of drug-likeness (QED) is 0.0512. The van der Waals surface area contributed by atoms with Gasteiger partial charge in [0.05, 0.1) is 0 Å². The normalized spacial score (nSPS) is 12.6. The predicted molar refractivity (Wildman–Crippen MR) is 194 cm³/mol. The Kier molecular flexibility index (Phi) is 35.4. The third-order valence-corrected chi connectivity index (χ3v) is 32.9. The van der Waals surface area contributed by atoms with E-state index in [9.17, 15) is 0 Å². The molecule has 0 aliphatic rings. The topological polar surface area (TPSA) is 0 Å². The van der Waals surface area contributed by atoms with E-state index in [-0.39, 0.29) is 16.1 Å². The molecule has 0 fully saturated rings. The highest BCUT2D eigenvalue weighted by Gasteiger charge is 2.19. The lowest BCUT2D eigenvalue weighted by Crippen LogP contribution is -2.36. The van der Waals surface area contributed by atoms with Crippen molar-refractivity contribution in [2.24, 2.45) is 0 Å². The average Bonchev–Trinajstić information content (AvgIpc) is 2.94. The van der Waals surface area contributed by atoms with Crippen LogP contribution < -0.4 is 0 Å². The van der Waals surface area contributed by atoms with E-state index >= 15 is 0 Å². The molecule has 236 valence electrons. The van der Waals surface area contributed by atoms with Gasteiger partial charge in [-0.1, -0.05) is 232 Å². The number of rotatable bonds is 34. The maximum absolute atomic E-state index is 2.33. The fourth-order valence-corrected chi connectivity index (χ4v) is 25.3. The van der Waals surface area contributed by atoms with E-state index in [0.29, 0.717) is 0 Å². The Labute approximate surface area is 256 Å². The molecule has 3 heteroatoms. The van der Waals surface area contributed by atoms with Crippen molar-refractivity contribution in [1.82, 2.24) is 0 Å². The van der Waals surface area contributed by atoms with Gasteiger partial charge < -0.3 is 0 Å². The molecule has 0 aromatic heterocycles. The summed E-state index contributed by atoms with van der Waals surface area (Å²) in [6, 6.07) is 5.27. The number of hydrogen-bond donors (Lipinski definition) is 0. The van der Waals surface area contributed by atoms with Crippen molar-refractivity contribution in [3.8, 4) is 0 Å². The molecule has 0 heterocycles. The molecule has 39 heavy (non-hydrogen) atoms. The highest BCUT2D eigenvalue weighted by Crippen LogP contribution is 2.20. The van der Waals surface area contributed by atoms with Crippen molar-refractivity contribution < 1.29 is 0 Å². The molecule has 0 bridgehead atoms. The van der Waals surface area contributed by atoms with Crippen molar-refractivity contribution in [2.45, 2.75) is 232 Å². The number of hydrogen-bond acceptors (Lipinski definition) is 0. The zero-order valence-electron chi connectivity index (χ0n) is 28.5. The molecule has 1 unspecified atom stereocenters. The van der Waals surface area contributed by atoms with E-state index in [1.165, 1.54) is 135 Å². The standard InChI is InChI=1S/C36H80Si3/c1-4-7-10-13-16-19-22-25-28-31-34-38(35-32-29-26-23-20-17-14-11-8-5-2)39(37)36-33-30-27-24-21-18-15-12-9-6-3/h38-39H,4-36H2,1-3,37H3. The van der Waals surface area contributed by atoms with Crippen molar-refractivity contribution in [3.05, 3.63) is 0 Å². The molecule has 0 amide bonds. The van der Waals surface area contributed by atoms with Crippen molar-refractivity contribution in [2.75, 3.05) is 0 Å². The Morgan fingerprint density at radius 2 is 0.487 bits per heavy atom. The smallest absolute Gasteiger partial charge is 0.0245 e. The van der Waals surface area contributed by atoms with E-state index in [4.69, 9.17) is 0 Å². The summed E-state index contributed by atoms with van der Waals surface area (Å²) in [7, 11) is 0.991. The summed E-state index contributed by atoms with van der Waals surface area (Å²) in [6.07, 6.45) is 45.2. The van der Waals surface area contributed by atoms with Gasteiger partial charge in [0.1, 0.15) is 0 Å². The van der Waals surface area contributed by atoms with Gasteiger partial charge in [-0.3, -0.25) is 0 Å². The zero-order valence-corrected chi connectivity index (χ0v) is 32.8. The van der Waals surface area contributed by atoms with E-state index in [1.807, 2.05) is 0 Å². The van der Waals surface area contributed by atoms with Crippen LogP contribution in [0, 0.1) is 0 Å². The predicted octanol–water partition coefficient (Wildman–Crippen LogP) is 12.1. The molecular weight excluding hydrogens is 517 g/mol. The molecule has 1 atom stereocenters. The van der Waals surface area contributed by atoms with E-state index in [0.717, 1.165) is 0 Å². The summed E-state index contributed by atoms with van der Waals surface area (Å²) in [5.74, 6) is 0. The second-order valence-corrected chi connectivity index (χ2v) is 33.5. The van der Waals surface area contributed by atoms with Gasteiger partial charge in [-0.05, 0) is 9.76 Å². The fourth-order valence-electron chi connectivity index (χ4n) is 6.69. The Bertz CT molecular complexity index is 404. The number of unbranched alkanes of at least 4 members (excludes halogenated alkanes) is 27. The Hall–Kier alpha value is 0.651. The van der Waals surface area contributed by atoms with Crippen molar-refractivity contribution in [1.29, 1.82) is 0 Å². The molecule has 0 aromatic carbocycles. The van der Waals surface area contributed by atoms with Gasteiger partial charge in [-0.2, -0.15) is 0 Å². The minimum atomic E-state index is -0.365. The average molecular weight is 597 g/mol. The summed E-state index contributed by atoms with van der Waals surface area (Å²) in [5.41, 5.74) is 0. The lowest BCUT2D eigenvalue weighted by molar-refractivity contribution is 0.560. The van der Waals surface area contributed by atoms with Crippen LogP contribution in [-0.2, 0) is 0 Å². The molecular formula is C36H80Si3. The van der Waals surface area contributed by atoms with Crippen molar-refractivity contribution >= 4 is 25.9 Å². The Morgan fingerprint density at radius 3 is 0.744 bits per heavy atom. The first-order valence-electron chi connectivity index (χ1n) is 19.3. The van der Waals surface area contributed by atoms with Gasteiger partial charge in [-0.15, -0.1) is 0 Å². The summed E-state index contributed by atoms with van der Waals surface area (Å²) in [4.78, 5) is 0. The van der Waals surface area contributed by atoms with Crippen LogP contribution in [0.25, 0.3) is 0 Å². The Balaban J connectivity index is 4.04. The highest BCUT2D eigenvalue weighted by atomic mass is 29.6. The second kappa shape index (κ2) is 34.8. The molecule has 0 spiro atoms. The summed E-state index contributed by atoms with van der Waals surface area (Å²) >= 11 is 0. The molecule has 0 saturated carbocycles. The summed E-state index contributed by atoms with van der Waals surface area (Å²) in [5, 5.41) is 0. The van der Waals surface area contributed by atoms with Gasteiger partial charge in [0, 0.05) is 16.1 Å². The second-order valence-electron chi connectivity index (χ2n) is 13.6. The van der Waals surface area contributed by atoms with Gasteiger partial charge in [0.25, 0.3) is 0 Å². The van der Waals surface area contributed by atoms with Crippen LogP contribution in [0.1, 0.15) is 213 Å². The van der Waals surface area contributed by atoms with Gasteiger partial charge >= 0.3 is 0 Å². The first kappa shape index (κ1) is 39.7. The molecule has 0 N–H and O–H groups in total. The minimum absolute atomic E-state index is 0.280. The van der Waals surface area contributed by atoms with Gasteiger partial charge in [0.2, 0.25) is 0 Å². The monoisotopic (exact) mass is 597 g/mol. The zero-order chi connectivity index (χ0) is 28.5. The van der Waals surface area contributed by atoms with Crippen LogP contribution in [0.2, 0.25) is 18.1 Å². The van der Waals surface area contributed by atoms with Crippen LogP contribution >= 0.6 is 0 Å². The van der Waals surface area contributed by atoms with Gasteiger partial charge in [0.15, 0.2) is 0 Å². The third-order valence-electron chi connectivity index (χ3n) is 9.67. The largest absolute Gasteiger partial charge is 0.0654 e.